The molecule has 36 heavy (non-hydrogen) atoms. The second-order valence-electron chi connectivity index (χ2n) is 8.70. The molecule has 0 saturated heterocycles. The molecular formula is C30H28N4O2. The number of para-hydroxylation sites is 2. The van der Waals surface area contributed by atoms with E-state index >= 15 is 0 Å². The highest BCUT2D eigenvalue weighted by atomic mass is 16.2. The Hall–Kier alpha value is -4.58. The predicted molar refractivity (Wildman–Crippen MR) is 143 cm³/mol. The highest BCUT2D eigenvalue weighted by molar-refractivity contribution is 5.93. The van der Waals surface area contributed by atoms with Gasteiger partial charge < -0.3 is 10.6 Å². The number of carbonyl (C=O) groups excluding carboxylic acids is 2. The summed E-state index contributed by atoms with van der Waals surface area (Å²) in [4.78, 5) is 30.4. The molecule has 0 atom stereocenters. The first-order valence-corrected chi connectivity index (χ1v) is 12.0. The van der Waals surface area contributed by atoms with Crippen molar-refractivity contribution in [3.8, 4) is 0 Å². The van der Waals surface area contributed by atoms with Crippen molar-refractivity contribution in [2.24, 2.45) is 0 Å². The standard InChI is InChI=1S/C30H28N4O2/c35-29-31-19-24-12-8-10-14-26(24)22-34(28-17-5-2-6-18-28)30(36)32-20-23-11-7-9-13-25(23)21-33(29)27-15-3-1-4-16-27/h1-18H,19-22H2,(H,31,35)(H,32,36). The summed E-state index contributed by atoms with van der Waals surface area (Å²) in [6, 6.07) is 34.7. The number of anilines is 2. The number of hydrogen-bond acceptors (Lipinski definition) is 2. The minimum Gasteiger partial charge on any atom is -0.334 e. The summed E-state index contributed by atoms with van der Waals surface area (Å²) in [6.07, 6.45) is 0. The SMILES string of the molecule is O=C1NCc2ccccc2CN(c2ccccc2)C(=O)NCc2ccccc2CN1c1ccccc1. The molecule has 180 valence electrons. The van der Waals surface area contributed by atoms with E-state index in [1.54, 1.807) is 9.80 Å². The van der Waals surface area contributed by atoms with Gasteiger partial charge >= 0.3 is 12.1 Å². The molecule has 0 bridgehead atoms. The van der Waals surface area contributed by atoms with E-state index in [0.717, 1.165) is 33.6 Å². The van der Waals surface area contributed by atoms with Gasteiger partial charge in [-0.25, -0.2) is 9.59 Å². The Labute approximate surface area is 211 Å². The zero-order valence-electron chi connectivity index (χ0n) is 19.9. The van der Waals surface area contributed by atoms with Crippen LogP contribution in [0, 0.1) is 0 Å². The molecule has 1 aliphatic heterocycles. The number of nitrogens with one attached hydrogen (secondary N) is 2. The zero-order chi connectivity index (χ0) is 24.7. The molecule has 5 rings (SSSR count). The van der Waals surface area contributed by atoms with Gasteiger partial charge in [0.2, 0.25) is 0 Å². The van der Waals surface area contributed by atoms with Crippen LogP contribution in [0.2, 0.25) is 0 Å². The summed E-state index contributed by atoms with van der Waals surface area (Å²) in [5.74, 6) is 0. The fourth-order valence-corrected chi connectivity index (χ4v) is 4.42. The lowest BCUT2D eigenvalue weighted by Crippen LogP contribution is -2.42. The van der Waals surface area contributed by atoms with Gasteiger partial charge in [-0.3, -0.25) is 9.80 Å². The lowest BCUT2D eigenvalue weighted by atomic mass is 10.1. The summed E-state index contributed by atoms with van der Waals surface area (Å²) in [6.45, 7) is 1.46. The largest absolute Gasteiger partial charge is 0.334 e. The van der Waals surface area contributed by atoms with E-state index in [9.17, 15) is 9.59 Å². The molecule has 0 saturated carbocycles. The molecule has 0 aliphatic carbocycles. The van der Waals surface area contributed by atoms with E-state index in [0.29, 0.717) is 26.2 Å². The first-order chi connectivity index (χ1) is 17.7. The van der Waals surface area contributed by atoms with Crippen LogP contribution in [0.15, 0.2) is 109 Å². The Bertz CT molecular complexity index is 1240. The number of urea groups is 2. The highest BCUT2D eigenvalue weighted by Crippen LogP contribution is 2.22. The summed E-state index contributed by atoms with van der Waals surface area (Å²) >= 11 is 0. The number of carbonyl (C=O) groups is 2. The van der Waals surface area contributed by atoms with E-state index in [1.165, 1.54) is 0 Å². The van der Waals surface area contributed by atoms with E-state index in [4.69, 9.17) is 0 Å². The van der Waals surface area contributed by atoms with Gasteiger partial charge in [0, 0.05) is 24.5 Å². The second-order valence-corrected chi connectivity index (χ2v) is 8.70. The third kappa shape index (κ3) is 5.23. The van der Waals surface area contributed by atoms with Gasteiger partial charge in [-0.1, -0.05) is 84.9 Å². The van der Waals surface area contributed by atoms with E-state index in [-0.39, 0.29) is 12.1 Å². The Kier molecular flexibility index (Phi) is 6.94. The fraction of sp³-hybridized carbons (Fsp3) is 0.133. The van der Waals surface area contributed by atoms with Crippen molar-refractivity contribution < 1.29 is 9.59 Å². The summed E-state index contributed by atoms with van der Waals surface area (Å²) in [5.41, 5.74) is 5.49. The zero-order valence-corrected chi connectivity index (χ0v) is 19.9. The predicted octanol–water partition coefficient (Wildman–Crippen LogP) is 5.83. The molecule has 0 spiro atoms. The summed E-state index contributed by atoms with van der Waals surface area (Å²) < 4.78 is 0. The Morgan fingerprint density at radius 1 is 0.444 bits per heavy atom. The van der Waals surface area contributed by atoms with E-state index < -0.39 is 0 Å². The number of amides is 4. The Balaban J connectivity index is 1.54. The van der Waals surface area contributed by atoms with Crippen LogP contribution in [0.4, 0.5) is 21.0 Å². The maximum Gasteiger partial charge on any atom is 0.322 e. The number of nitrogens with zero attached hydrogens (tertiary/aromatic N) is 2. The molecule has 0 unspecified atom stereocenters. The van der Waals surface area contributed by atoms with Crippen LogP contribution < -0.4 is 20.4 Å². The summed E-state index contributed by atoms with van der Waals surface area (Å²) in [7, 11) is 0. The fourth-order valence-electron chi connectivity index (χ4n) is 4.42. The molecule has 6 heteroatoms. The van der Waals surface area contributed by atoms with Crippen LogP contribution in [0.25, 0.3) is 0 Å². The lowest BCUT2D eigenvalue weighted by molar-refractivity contribution is 0.244. The molecule has 2 N–H and O–H groups in total. The van der Waals surface area contributed by atoms with Gasteiger partial charge in [-0.2, -0.15) is 0 Å². The van der Waals surface area contributed by atoms with Crippen LogP contribution in [0.1, 0.15) is 22.3 Å². The van der Waals surface area contributed by atoms with Gasteiger partial charge in [0.1, 0.15) is 0 Å². The van der Waals surface area contributed by atoms with Crippen LogP contribution in [-0.4, -0.2) is 12.1 Å². The minimum absolute atomic E-state index is 0.174. The van der Waals surface area contributed by atoms with E-state index in [2.05, 4.69) is 10.6 Å². The van der Waals surface area contributed by atoms with Crippen molar-refractivity contribution in [1.82, 2.24) is 10.6 Å². The Morgan fingerprint density at radius 2 is 0.778 bits per heavy atom. The third-order valence-corrected chi connectivity index (χ3v) is 6.38. The third-order valence-electron chi connectivity index (χ3n) is 6.38. The molecule has 0 radical (unpaired) electrons. The normalized spacial score (nSPS) is 14.7. The van der Waals surface area contributed by atoms with Gasteiger partial charge in [0.25, 0.3) is 0 Å². The first kappa shape index (κ1) is 23.2. The van der Waals surface area contributed by atoms with Gasteiger partial charge in [-0.15, -0.1) is 0 Å². The molecule has 6 nitrogen and oxygen atoms in total. The molecule has 4 aromatic rings. The molecular weight excluding hydrogens is 448 g/mol. The smallest absolute Gasteiger partial charge is 0.322 e. The van der Waals surface area contributed by atoms with Crippen molar-refractivity contribution in [1.29, 1.82) is 0 Å². The maximum absolute atomic E-state index is 13.5. The first-order valence-electron chi connectivity index (χ1n) is 12.0. The summed E-state index contributed by atoms with van der Waals surface area (Å²) in [5, 5.41) is 6.21. The van der Waals surface area contributed by atoms with Crippen LogP contribution in [0.3, 0.4) is 0 Å². The van der Waals surface area contributed by atoms with Crippen molar-refractivity contribution >= 4 is 23.4 Å². The number of hydrogen-bond donors (Lipinski definition) is 2. The average molecular weight is 477 g/mol. The highest BCUT2D eigenvalue weighted by Gasteiger charge is 2.21. The lowest BCUT2D eigenvalue weighted by Gasteiger charge is -2.28. The van der Waals surface area contributed by atoms with Crippen molar-refractivity contribution in [3.63, 3.8) is 0 Å². The van der Waals surface area contributed by atoms with Gasteiger partial charge in [0.15, 0.2) is 0 Å². The number of rotatable bonds is 2. The quantitative estimate of drug-likeness (QED) is 0.382. The Morgan fingerprint density at radius 3 is 1.17 bits per heavy atom. The molecule has 0 fully saturated rings. The molecule has 0 aromatic heterocycles. The molecule has 4 amide bonds. The van der Waals surface area contributed by atoms with Gasteiger partial charge in [-0.05, 0) is 46.5 Å². The van der Waals surface area contributed by atoms with Gasteiger partial charge in [0.05, 0.1) is 13.1 Å². The van der Waals surface area contributed by atoms with Crippen LogP contribution >= 0.6 is 0 Å². The second kappa shape index (κ2) is 10.8. The van der Waals surface area contributed by atoms with Crippen LogP contribution in [-0.2, 0) is 26.2 Å². The minimum atomic E-state index is -0.174. The van der Waals surface area contributed by atoms with E-state index in [1.807, 2.05) is 109 Å². The molecule has 1 aliphatic rings. The van der Waals surface area contributed by atoms with Crippen LogP contribution in [0.5, 0.6) is 0 Å². The monoisotopic (exact) mass is 476 g/mol. The number of benzene rings is 4. The molecule has 1 heterocycles. The van der Waals surface area contributed by atoms with Crippen molar-refractivity contribution in [2.75, 3.05) is 9.80 Å². The number of fused-ring (bicyclic) bond motifs is 2. The topological polar surface area (TPSA) is 64.7 Å². The maximum atomic E-state index is 13.5. The van der Waals surface area contributed by atoms with Crippen molar-refractivity contribution in [3.05, 3.63) is 131 Å². The average Bonchev–Trinajstić information content (AvgIpc) is 2.93. The molecule has 4 aromatic carbocycles. The van der Waals surface area contributed by atoms with Crippen molar-refractivity contribution in [2.45, 2.75) is 26.2 Å².